The molecule has 0 heterocycles. The van der Waals surface area contributed by atoms with Gasteiger partial charge in [0, 0.05) is 0 Å². The Hall–Kier alpha value is -2.54. The number of anilines is 2. The lowest BCUT2D eigenvalue weighted by Crippen LogP contribution is -2.38. The number of benzene rings is 2. The van der Waals surface area contributed by atoms with E-state index in [1.54, 1.807) is 36.4 Å². The minimum atomic E-state index is -3.62. The maximum atomic E-state index is 12.5. The van der Waals surface area contributed by atoms with E-state index in [0.29, 0.717) is 23.7 Å². The minimum absolute atomic E-state index is 0.316. The summed E-state index contributed by atoms with van der Waals surface area (Å²) in [7, 11) is -3.62. The van der Waals surface area contributed by atoms with Crippen LogP contribution in [0, 0.1) is 13.8 Å². The van der Waals surface area contributed by atoms with Crippen LogP contribution in [0.4, 0.5) is 11.4 Å². The molecule has 0 unspecified atom stereocenters. The number of carbonyl (C=O) groups excluding carboxylic acids is 1. The van der Waals surface area contributed by atoms with Gasteiger partial charge in [-0.05, 0) is 50.1 Å². The van der Waals surface area contributed by atoms with Gasteiger partial charge in [-0.2, -0.15) is 0 Å². The van der Waals surface area contributed by atoms with Gasteiger partial charge in [-0.15, -0.1) is 0 Å². The molecule has 6 nitrogen and oxygen atoms in total. The van der Waals surface area contributed by atoms with Crippen molar-refractivity contribution in [3.8, 4) is 5.75 Å². The SMILES string of the molecule is CCOc1ccccc1NC(=O)CN(c1cccc(C)c1C)S(C)(=O)=O. The van der Waals surface area contributed by atoms with Crippen molar-refractivity contribution >= 4 is 27.3 Å². The summed E-state index contributed by atoms with van der Waals surface area (Å²) in [4.78, 5) is 12.5. The zero-order valence-electron chi connectivity index (χ0n) is 15.4. The van der Waals surface area contributed by atoms with Gasteiger partial charge in [-0.3, -0.25) is 9.10 Å². The number of carbonyl (C=O) groups is 1. The first-order chi connectivity index (χ1) is 12.2. The molecular weight excluding hydrogens is 352 g/mol. The zero-order valence-corrected chi connectivity index (χ0v) is 16.3. The van der Waals surface area contributed by atoms with Gasteiger partial charge in [0.1, 0.15) is 12.3 Å². The van der Waals surface area contributed by atoms with E-state index in [1.165, 1.54) is 0 Å². The fourth-order valence-corrected chi connectivity index (χ4v) is 3.47. The van der Waals surface area contributed by atoms with Crippen molar-refractivity contribution in [2.75, 3.05) is 29.0 Å². The highest BCUT2D eigenvalue weighted by Gasteiger charge is 2.23. The summed E-state index contributed by atoms with van der Waals surface area (Å²) in [5, 5.41) is 2.73. The summed E-state index contributed by atoms with van der Waals surface area (Å²) in [5.74, 6) is 0.101. The minimum Gasteiger partial charge on any atom is -0.492 e. The molecule has 2 aromatic carbocycles. The average Bonchev–Trinajstić information content (AvgIpc) is 2.57. The molecule has 0 atom stereocenters. The number of nitrogens with zero attached hydrogens (tertiary/aromatic N) is 1. The monoisotopic (exact) mass is 376 g/mol. The molecule has 1 amide bonds. The Morgan fingerprint density at radius 1 is 1.12 bits per heavy atom. The van der Waals surface area contributed by atoms with Gasteiger partial charge >= 0.3 is 0 Å². The summed E-state index contributed by atoms with van der Waals surface area (Å²) in [6.45, 7) is 5.74. The van der Waals surface area contributed by atoms with Crippen LogP contribution in [-0.4, -0.2) is 33.7 Å². The van der Waals surface area contributed by atoms with Gasteiger partial charge in [-0.1, -0.05) is 24.3 Å². The molecule has 7 heteroatoms. The molecule has 0 aliphatic rings. The van der Waals surface area contributed by atoms with Crippen LogP contribution < -0.4 is 14.4 Å². The van der Waals surface area contributed by atoms with Gasteiger partial charge < -0.3 is 10.1 Å². The Labute approximate surface area is 154 Å². The van der Waals surface area contributed by atoms with Crippen molar-refractivity contribution in [2.45, 2.75) is 20.8 Å². The first-order valence-corrected chi connectivity index (χ1v) is 10.1. The van der Waals surface area contributed by atoms with E-state index in [2.05, 4.69) is 5.32 Å². The molecule has 140 valence electrons. The van der Waals surface area contributed by atoms with Gasteiger partial charge in [-0.25, -0.2) is 8.42 Å². The molecule has 2 rings (SSSR count). The topological polar surface area (TPSA) is 75.7 Å². The highest BCUT2D eigenvalue weighted by molar-refractivity contribution is 7.92. The molecule has 0 aliphatic heterocycles. The summed E-state index contributed by atoms with van der Waals surface area (Å²) >= 11 is 0. The number of para-hydroxylation sites is 2. The number of nitrogens with one attached hydrogen (secondary N) is 1. The summed E-state index contributed by atoms with van der Waals surface area (Å²) in [6, 6.07) is 12.4. The molecule has 0 bridgehead atoms. The van der Waals surface area contributed by atoms with E-state index in [-0.39, 0.29) is 6.54 Å². The van der Waals surface area contributed by atoms with E-state index in [0.717, 1.165) is 21.7 Å². The molecule has 0 aliphatic carbocycles. The van der Waals surface area contributed by atoms with E-state index >= 15 is 0 Å². The van der Waals surface area contributed by atoms with Crippen LogP contribution in [0.1, 0.15) is 18.1 Å². The molecule has 0 saturated carbocycles. The van der Waals surface area contributed by atoms with Gasteiger partial charge in [0.15, 0.2) is 0 Å². The third-order valence-corrected chi connectivity index (χ3v) is 5.12. The van der Waals surface area contributed by atoms with E-state index < -0.39 is 15.9 Å². The van der Waals surface area contributed by atoms with Crippen molar-refractivity contribution in [3.05, 3.63) is 53.6 Å². The fraction of sp³-hybridized carbons (Fsp3) is 0.316. The number of amides is 1. The van der Waals surface area contributed by atoms with Gasteiger partial charge in [0.25, 0.3) is 0 Å². The molecule has 0 aromatic heterocycles. The van der Waals surface area contributed by atoms with Crippen LogP contribution in [0.15, 0.2) is 42.5 Å². The van der Waals surface area contributed by atoms with Crippen LogP contribution >= 0.6 is 0 Å². The Balaban J connectivity index is 2.27. The van der Waals surface area contributed by atoms with Crippen LogP contribution in [0.2, 0.25) is 0 Å². The van der Waals surface area contributed by atoms with E-state index in [9.17, 15) is 13.2 Å². The summed E-state index contributed by atoms with van der Waals surface area (Å²) in [6.07, 6.45) is 1.09. The lowest BCUT2D eigenvalue weighted by atomic mass is 10.1. The smallest absolute Gasteiger partial charge is 0.245 e. The Bertz CT molecular complexity index is 894. The predicted molar refractivity (Wildman–Crippen MR) is 104 cm³/mol. The number of sulfonamides is 1. The molecule has 1 N–H and O–H groups in total. The van der Waals surface area contributed by atoms with Crippen LogP contribution in [0.5, 0.6) is 5.75 Å². The molecule has 0 saturated heterocycles. The summed E-state index contributed by atoms with van der Waals surface area (Å²) in [5.41, 5.74) is 2.79. The first-order valence-electron chi connectivity index (χ1n) is 8.29. The third-order valence-electron chi connectivity index (χ3n) is 3.99. The van der Waals surface area contributed by atoms with Crippen molar-refractivity contribution in [1.29, 1.82) is 0 Å². The number of ether oxygens (including phenoxy) is 1. The van der Waals surface area contributed by atoms with Crippen molar-refractivity contribution in [1.82, 2.24) is 0 Å². The molecular formula is C19H24N2O4S. The van der Waals surface area contributed by atoms with E-state index in [1.807, 2.05) is 26.8 Å². The molecule has 26 heavy (non-hydrogen) atoms. The fourth-order valence-electron chi connectivity index (χ4n) is 2.56. The quantitative estimate of drug-likeness (QED) is 0.806. The zero-order chi connectivity index (χ0) is 19.3. The second-order valence-corrected chi connectivity index (χ2v) is 7.87. The summed E-state index contributed by atoms with van der Waals surface area (Å²) < 4.78 is 31.2. The standard InChI is InChI=1S/C19H24N2O4S/c1-5-25-18-12-7-6-10-16(18)20-19(22)13-21(26(4,23)24)17-11-8-9-14(2)15(17)3/h6-12H,5,13H2,1-4H3,(H,20,22). The van der Waals surface area contributed by atoms with Crippen LogP contribution in [-0.2, 0) is 14.8 Å². The lowest BCUT2D eigenvalue weighted by Gasteiger charge is -2.24. The van der Waals surface area contributed by atoms with Gasteiger partial charge in [0.05, 0.1) is 24.2 Å². The second-order valence-electron chi connectivity index (χ2n) is 5.97. The largest absolute Gasteiger partial charge is 0.492 e. The predicted octanol–water partition coefficient (Wildman–Crippen LogP) is 3.11. The lowest BCUT2D eigenvalue weighted by molar-refractivity contribution is -0.114. The van der Waals surface area contributed by atoms with Crippen molar-refractivity contribution < 1.29 is 17.9 Å². The molecule has 0 fully saturated rings. The maximum absolute atomic E-state index is 12.5. The van der Waals surface area contributed by atoms with Crippen LogP contribution in [0.25, 0.3) is 0 Å². The number of hydrogen-bond donors (Lipinski definition) is 1. The van der Waals surface area contributed by atoms with Gasteiger partial charge in [0.2, 0.25) is 15.9 Å². The normalized spacial score (nSPS) is 11.1. The number of aryl methyl sites for hydroxylation is 1. The Kier molecular flexibility index (Phi) is 6.26. The molecule has 0 radical (unpaired) electrons. The van der Waals surface area contributed by atoms with Crippen molar-refractivity contribution in [3.63, 3.8) is 0 Å². The van der Waals surface area contributed by atoms with E-state index in [4.69, 9.17) is 4.74 Å². The Morgan fingerprint density at radius 3 is 2.46 bits per heavy atom. The average molecular weight is 376 g/mol. The number of rotatable bonds is 7. The number of hydrogen-bond acceptors (Lipinski definition) is 4. The molecule has 0 spiro atoms. The maximum Gasteiger partial charge on any atom is 0.245 e. The second kappa shape index (κ2) is 8.23. The first kappa shape index (κ1) is 19.8. The van der Waals surface area contributed by atoms with Crippen molar-refractivity contribution in [2.24, 2.45) is 0 Å². The third kappa shape index (κ3) is 4.76. The molecule has 2 aromatic rings. The highest BCUT2D eigenvalue weighted by atomic mass is 32.2. The Morgan fingerprint density at radius 2 is 1.81 bits per heavy atom. The highest BCUT2D eigenvalue weighted by Crippen LogP contribution is 2.26. The van der Waals surface area contributed by atoms with Crippen LogP contribution in [0.3, 0.4) is 0 Å².